The highest BCUT2D eigenvalue weighted by molar-refractivity contribution is 6.14. The fraction of sp³-hybridized carbons (Fsp3) is 0.0179. The molecule has 0 saturated heterocycles. The van der Waals surface area contributed by atoms with Gasteiger partial charge in [-0.05, 0) is 87.8 Å². The SMILES string of the molecule is N/C(=C\C(=NCc1ccc(-n2c3ccccc3c3cc(-c4ccc5c6ccccc6n(-c6cccc7ccccc67)c5c4)ccc32)cc1)c1ccccc1)c1ccccc1. The summed E-state index contributed by atoms with van der Waals surface area (Å²) in [7, 11) is 0. The molecule has 284 valence electrons. The summed E-state index contributed by atoms with van der Waals surface area (Å²) in [5, 5.41) is 7.42. The van der Waals surface area contributed by atoms with Crippen molar-refractivity contribution < 1.29 is 0 Å². The highest BCUT2D eigenvalue weighted by Gasteiger charge is 2.17. The Labute approximate surface area is 348 Å². The normalized spacial score (nSPS) is 12.3. The second kappa shape index (κ2) is 14.8. The Kier molecular flexibility index (Phi) is 8.67. The van der Waals surface area contributed by atoms with Crippen LogP contribution < -0.4 is 5.73 Å². The second-order valence-electron chi connectivity index (χ2n) is 15.4. The monoisotopic (exact) mass is 768 g/mol. The lowest BCUT2D eigenvalue weighted by molar-refractivity contribution is 1.06. The number of nitrogens with zero attached hydrogens (tertiary/aromatic N) is 3. The molecule has 0 aliphatic rings. The fourth-order valence-electron chi connectivity index (χ4n) is 8.86. The molecule has 0 radical (unpaired) electrons. The average Bonchev–Trinajstić information content (AvgIpc) is 3.83. The van der Waals surface area contributed by atoms with Crippen molar-refractivity contribution in [2.45, 2.75) is 6.54 Å². The van der Waals surface area contributed by atoms with Gasteiger partial charge in [0.05, 0.1) is 40.0 Å². The van der Waals surface area contributed by atoms with Crippen molar-refractivity contribution in [3.05, 3.63) is 235 Å². The number of para-hydroxylation sites is 2. The predicted molar refractivity (Wildman–Crippen MR) is 253 cm³/mol. The van der Waals surface area contributed by atoms with Crippen molar-refractivity contribution in [2.75, 3.05) is 0 Å². The lowest BCUT2D eigenvalue weighted by Gasteiger charge is -2.12. The average molecular weight is 769 g/mol. The quantitative estimate of drug-likeness (QED) is 0.154. The van der Waals surface area contributed by atoms with Gasteiger partial charge in [-0.15, -0.1) is 0 Å². The molecule has 0 amide bonds. The maximum absolute atomic E-state index is 6.57. The smallest absolute Gasteiger partial charge is 0.0671 e. The van der Waals surface area contributed by atoms with Crippen LogP contribution in [0.3, 0.4) is 0 Å². The standard InChI is InChI=1S/C56H40N4/c57-50(40-15-3-1-4-16-40)36-51(41-17-5-2-6-18-41)58-37-38-26-30-44(31-27-38)59-53-23-11-10-22-47(53)49-34-42(29-33-55(49)59)43-28-32-48-46-21-9-12-24-54(46)60(56(48)35-43)52-25-13-19-39-14-7-8-20-45(39)52/h1-36H,37,57H2/b50-36-,58-51?. The molecule has 0 spiro atoms. The summed E-state index contributed by atoms with van der Waals surface area (Å²) in [6, 6.07) is 75.7. The molecular formula is C56H40N4. The first-order valence-electron chi connectivity index (χ1n) is 20.4. The van der Waals surface area contributed by atoms with E-state index in [4.69, 9.17) is 10.7 Å². The van der Waals surface area contributed by atoms with E-state index in [1.807, 2.05) is 54.6 Å². The lowest BCUT2D eigenvalue weighted by Crippen LogP contribution is -2.04. The molecule has 60 heavy (non-hydrogen) atoms. The van der Waals surface area contributed by atoms with Crippen molar-refractivity contribution in [3.63, 3.8) is 0 Å². The third-order valence-corrected chi connectivity index (χ3v) is 11.8. The molecule has 4 heteroatoms. The molecule has 0 aliphatic heterocycles. The molecule has 0 fully saturated rings. The number of benzene rings is 9. The first-order chi connectivity index (χ1) is 29.7. The Morgan fingerprint density at radius 3 is 1.77 bits per heavy atom. The van der Waals surface area contributed by atoms with Crippen LogP contribution in [0.1, 0.15) is 16.7 Å². The highest BCUT2D eigenvalue weighted by atomic mass is 15.0. The topological polar surface area (TPSA) is 48.2 Å². The summed E-state index contributed by atoms with van der Waals surface area (Å²) >= 11 is 0. The van der Waals surface area contributed by atoms with Gasteiger partial charge in [0.15, 0.2) is 0 Å². The predicted octanol–water partition coefficient (Wildman–Crippen LogP) is 13.7. The van der Waals surface area contributed by atoms with Crippen LogP contribution in [0.15, 0.2) is 223 Å². The molecule has 0 atom stereocenters. The maximum Gasteiger partial charge on any atom is 0.0671 e. The van der Waals surface area contributed by atoms with E-state index in [0.717, 1.165) is 28.1 Å². The van der Waals surface area contributed by atoms with Crippen LogP contribution in [-0.2, 0) is 6.54 Å². The van der Waals surface area contributed by atoms with E-state index in [1.165, 1.54) is 71.2 Å². The van der Waals surface area contributed by atoms with Crippen molar-refractivity contribution in [1.82, 2.24) is 9.13 Å². The zero-order valence-corrected chi connectivity index (χ0v) is 32.9. The Morgan fingerprint density at radius 2 is 1.00 bits per heavy atom. The van der Waals surface area contributed by atoms with Crippen LogP contribution in [0, 0.1) is 0 Å². The molecule has 0 saturated carbocycles. The summed E-state index contributed by atoms with van der Waals surface area (Å²) in [5.74, 6) is 0. The highest BCUT2D eigenvalue weighted by Crippen LogP contribution is 2.39. The van der Waals surface area contributed by atoms with Crippen LogP contribution in [0.5, 0.6) is 0 Å². The van der Waals surface area contributed by atoms with E-state index in [-0.39, 0.29) is 0 Å². The number of hydrogen-bond acceptors (Lipinski definition) is 2. The number of aromatic nitrogens is 2. The van der Waals surface area contributed by atoms with Gasteiger partial charge in [0.2, 0.25) is 0 Å². The van der Waals surface area contributed by atoms with Gasteiger partial charge in [-0.1, -0.05) is 164 Å². The third kappa shape index (κ3) is 6.14. The first kappa shape index (κ1) is 35.2. The number of rotatable bonds is 8. The number of nitrogens with two attached hydrogens (primary N) is 1. The second-order valence-corrected chi connectivity index (χ2v) is 15.4. The summed E-state index contributed by atoms with van der Waals surface area (Å²) < 4.78 is 4.82. The van der Waals surface area contributed by atoms with Crippen LogP contribution in [0.2, 0.25) is 0 Å². The van der Waals surface area contributed by atoms with E-state index >= 15 is 0 Å². The molecule has 0 unspecified atom stereocenters. The molecule has 2 N–H and O–H groups in total. The van der Waals surface area contributed by atoms with Crippen molar-refractivity contribution in [1.29, 1.82) is 0 Å². The van der Waals surface area contributed by atoms with E-state index in [0.29, 0.717) is 12.2 Å². The minimum Gasteiger partial charge on any atom is -0.398 e. The van der Waals surface area contributed by atoms with Crippen molar-refractivity contribution in [3.8, 4) is 22.5 Å². The number of allylic oxidation sites excluding steroid dienone is 1. The molecule has 4 nitrogen and oxygen atoms in total. The Morgan fingerprint density at radius 1 is 0.433 bits per heavy atom. The van der Waals surface area contributed by atoms with Crippen LogP contribution in [0.25, 0.3) is 82.6 Å². The van der Waals surface area contributed by atoms with Gasteiger partial charge < -0.3 is 14.9 Å². The Balaban J connectivity index is 0.971. The van der Waals surface area contributed by atoms with Crippen LogP contribution in [0.4, 0.5) is 0 Å². The lowest BCUT2D eigenvalue weighted by atomic mass is 10.0. The summed E-state index contributed by atoms with van der Waals surface area (Å²) in [6.07, 6.45) is 1.98. The minimum atomic E-state index is 0.531. The number of aliphatic imine (C=N–C) groups is 1. The largest absolute Gasteiger partial charge is 0.398 e. The van der Waals surface area contributed by atoms with E-state index in [9.17, 15) is 0 Å². The van der Waals surface area contributed by atoms with Gasteiger partial charge in [0, 0.05) is 38.3 Å². The molecule has 0 aliphatic carbocycles. The van der Waals surface area contributed by atoms with Gasteiger partial charge in [0.25, 0.3) is 0 Å². The molecule has 11 aromatic rings. The minimum absolute atomic E-state index is 0.531. The van der Waals surface area contributed by atoms with Gasteiger partial charge in [-0.3, -0.25) is 4.99 Å². The van der Waals surface area contributed by atoms with E-state index in [2.05, 4.69) is 173 Å². The molecule has 2 aromatic heterocycles. The Hall–Kier alpha value is -7.95. The number of hydrogen-bond donors (Lipinski definition) is 1. The molecule has 11 rings (SSSR count). The van der Waals surface area contributed by atoms with Gasteiger partial charge in [0.1, 0.15) is 0 Å². The first-order valence-corrected chi connectivity index (χ1v) is 20.4. The van der Waals surface area contributed by atoms with Gasteiger partial charge >= 0.3 is 0 Å². The zero-order chi connectivity index (χ0) is 40.0. The molecular weight excluding hydrogens is 729 g/mol. The molecule has 0 bridgehead atoms. The summed E-state index contributed by atoms with van der Waals surface area (Å²) in [6.45, 7) is 0.531. The van der Waals surface area contributed by atoms with E-state index < -0.39 is 0 Å². The van der Waals surface area contributed by atoms with E-state index in [1.54, 1.807) is 0 Å². The van der Waals surface area contributed by atoms with Crippen molar-refractivity contribution >= 4 is 65.8 Å². The van der Waals surface area contributed by atoms with Gasteiger partial charge in [-0.25, -0.2) is 0 Å². The zero-order valence-electron chi connectivity index (χ0n) is 32.9. The van der Waals surface area contributed by atoms with Crippen molar-refractivity contribution in [2.24, 2.45) is 10.7 Å². The number of fused-ring (bicyclic) bond motifs is 7. The fourth-order valence-corrected chi connectivity index (χ4v) is 8.86. The van der Waals surface area contributed by atoms with Crippen LogP contribution >= 0.6 is 0 Å². The maximum atomic E-state index is 6.57. The molecule has 9 aromatic carbocycles. The molecule has 2 heterocycles. The third-order valence-electron chi connectivity index (χ3n) is 11.8. The van der Waals surface area contributed by atoms with Crippen LogP contribution in [-0.4, -0.2) is 14.8 Å². The summed E-state index contributed by atoms with van der Waals surface area (Å²) in [5.41, 5.74) is 20.7. The van der Waals surface area contributed by atoms with Gasteiger partial charge in [-0.2, -0.15) is 0 Å². The summed E-state index contributed by atoms with van der Waals surface area (Å²) in [4.78, 5) is 5.08. The Bertz CT molecular complexity index is 3440.